The lowest BCUT2D eigenvalue weighted by Gasteiger charge is -2.24. The molecular weight excluding hydrogens is 477 g/mol. The maximum absolute atomic E-state index is 15.3. The van der Waals surface area contributed by atoms with Crippen molar-refractivity contribution < 1.29 is 31.5 Å². The van der Waals surface area contributed by atoms with Crippen LogP contribution < -0.4 is 16.4 Å². The Morgan fingerprint density at radius 1 is 1.00 bits per heavy atom. The first-order chi connectivity index (χ1) is 15.8. The first-order valence-corrected chi connectivity index (χ1v) is 10.9. The highest BCUT2D eigenvalue weighted by atomic mass is 32.1. The summed E-state index contributed by atoms with van der Waals surface area (Å²) in [6.45, 7) is 2.98. The number of halogens is 5. The van der Waals surface area contributed by atoms with Crippen LogP contribution >= 0.6 is 11.3 Å². The number of carbonyl (C=O) groups excluding carboxylic acids is 2. The summed E-state index contributed by atoms with van der Waals surface area (Å²) in [6, 6.07) is 6.08. The number of carbonyl (C=O) groups is 2. The SMILES string of the molecule is CC(C)NC(=O)C(F)(F)c1ccc(-c2ccsc2)c(-c2cccc(C(F)(F)F)c2)c1NC(N)=O. The van der Waals surface area contributed by atoms with Gasteiger partial charge < -0.3 is 16.4 Å². The molecule has 0 aliphatic carbocycles. The monoisotopic (exact) mass is 497 g/mol. The van der Waals surface area contributed by atoms with Crippen molar-refractivity contribution in [3.05, 3.63) is 64.4 Å². The van der Waals surface area contributed by atoms with Crippen LogP contribution in [0.4, 0.5) is 32.4 Å². The zero-order valence-corrected chi connectivity index (χ0v) is 18.8. The summed E-state index contributed by atoms with van der Waals surface area (Å²) < 4.78 is 70.8. The summed E-state index contributed by atoms with van der Waals surface area (Å²) in [5.74, 6) is -5.76. The van der Waals surface area contributed by atoms with E-state index >= 15 is 8.78 Å². The van der Waals surface area contributed by atoms with E-state index in [2.05, 4.69) is 10.6 Å². The minimum atomic E-state index is -4.70. The van der Waals surface area contributed by atoms with Crippen LogP contribution in [0.5, 0.6) is 0 Å². The molecule has 0 aliphatic rings. The van der Waals surface area contributed by atoms with Gasteiger partial charge >= 0.3 is 18.1 Å². The number of thiophene rings is 1. The molecule has 180 valence electrons. The van der Waals surface area contributed by atoms with Gasteiger partial charge in [-0.2, -0.15) is 33.3 Å². The van der Waals surface area contributed by atoms with Crippen molar-refractivity contribution in [1.29, 1.82) is 0 Å². The molecule has 0 saturated heterocycles. The third kappa shape index (κ3) is 5.19. The third-order valence-corrected chi connectivity index (χ3v) is 5.49. The van der Waals surface area contributed by atoms with Gasteiger partial charge in [0.15, 0.2) is 0 Å². The molecule has 3 rings (SSSR count). The predicted molar refractivity (Wildman–Crippen MR) is 121 cm³/mol. The predicted octanol–water partition coefficient (Wildman–Crippen LogP) is 6.21. The average molecular weight is 497 g/mol. The molecule has 34 heavy (non-hydrogen) atoms. The topological polar surface area (TPSA) is 84.2 Å². The maximum atomic E-state index is 15.3. The fraction of sp³-hybridized carbons (Fsp3) is 0.217. The van der Waals surface area contributed by atoms with Gasteiger partial charge in [0.2, 0.25) is 0 Å². The number of amides is 3. The van der Waals surface area contributed by atoms with Crippen LogP contribution in [-0.2, 0) is 16.9 Å². The molecule has 0 saturated carbocycles. The number of benzene rings is 2. The second kappa shape index (κ2) is 9.41. The lowest BCUT2D eigenvalue weighted by atomic mass is 9.89. The van der Waals surface area contributed by atoms with Crippen LogP contribution in [0.3, 0.4) is 0 Å². The van der Waals surface area contributed by atoms with Crippen molar-refractivity contribution in [2.75, 3.05) is 5.32 Å². The molecule has 0 spiro atoms. The number of primary amides is 1. The summed E-state index contributed by atoms with van der Waals surface area (Å²) in [5.41, 5.74) is 3.33. The molecule has 1 aromatic heterocycles. The number of anilines is 1. The molecule has 0 atom stereocenters. The molecule has 0 unspecified atom stereocenters. The highest BCUT2D eigenvalue weighted by Crippen LogP contribution is 2.46. The van der Waals surface area contributed by atoms with Crippen LogP contribution in [-0.4, -0.2) is 18.0 Å². The van der Waals surface area contributed by atoms with Gasteiger partial charge in [0.25, 0.3) is 5.91 Å². The highest BCUT2D eigenvalue weighted by molar-refractivity contribution is 7.08. The fourth-order valence-electron chi connectivity index (χ4n) is 3.40. The van der Waals surface area contributed by atoms with Crippen molar-refractivity contribution >= 4 is 29.0 Å². The zero-order valence-electron chi connectivity index (χ0n) is 18.0. The second-order valence-corrected chi connectivity index (χ2v) is 8.47. The second-order valence-electron chi connectivity index (χ2n) is 7.69. The van der Waals surface area contributed by atoms with E-state index in [1.54, 1.807) is 16.8 Å². The molecule has 0 fully saturated rings. The number of nitrogens with two attached hydrogens (primary N) is 1. The van der Waals surface area contributed by atoms with Gasteiger partial charge in [0, 0.05) is 11.6 Å². The molecule has 5 nitrogen and oxygen atoms in total. The Balaban J connectivity index is 2.38. The van der Waals surface area contributed by atoms with Gasteiger partial charge in [0.05, 0.1) is 16.8 Å². The normalized spacial score (nSPS) is 12.0. The van der Waals surface area contributed by atoms with Gasteiger partial charge in [-0.05, 0) is 65.6 Å². The van der Waals surface area contributed by atoms with Crippen LogP contribution in [0.25, 0.3) is 22.3 Å². The van der Waals surface area contributed by atoms with E-state index in [1.165, 1.54) is 37.3 Å². The standard InChI is InChI=1S/C23H20F5N3O2S/c1-12(2)30-20(32)22(24,25)17-7-6-16(14-8-9-34-11-14)18(19(17)31-21(29)33)13-4-3-5-15(10-13)23(26,27)28/h3-12H,1-2H3,(H,30,32)(H3,29,31,33). The van der Waals surface area contributed by atoms with E-state index < -0.39 is 46.9 Å². The van der Waals surface area contributed by atoms with Crippen molar-refractivity contribution in [3.8, 4) is 22.3 Å². The minimum Gasteiger partial charge on any atom is -0.351 e. The van der Waals surface area contributed by atoms with E-state index in [1.807, 2.05) is 0 Å². The summed E-state index contributed by atoms with van der Waals surface area (Å²) in [5, 5.41) is 7.60. The molecule has 1 heterocycles. The van der Waals surface area contributed by atoms with Crippen LogP contribution in [0, 0.1) is 0 Å². The van der Waals surface area contributed by atoms with Crippen molar-refractivity contribution in [3.63, 3.8) is 0 Å². The Bertz CT molecular complexity index is 1210. The molecule has 0 aliphatic heterocycles. The van der Waals surface area contributed by atoms with E-state index in [-0.39, 0.29) is 16.7 Å². The van der Waals surface area contributed by atoms with E-state index in [0.29, 0.717) is 5.56 Å². The van der Waals surface area contributed by atoms with E-state index in [9.17, 15) is 22.8 Å². The first kappa shape index (κ1) is 25.2. The van der Waals surface area contributed by atoms with E-state index in [0.717, 1.165) is 24.3 Å². The van der Waals surface area contributed by atoms with Gasteiger partial charge in [-0.25, -0.2) is 4.79 Å². The average Bonchev–Trinajstić information content (AvgIpc) is 3.26. The molecule has 0 bridgehead atoms. The molecule has 0 radical (unpaired) electrons. The molecule has 4 N–H and O–H groups in total. The first-order valence-electron chi connectivity index (χ1n) is 9.95. The number of nitrogens with one attached hydrogen (secondary N) is 2. The van der Waals surface area contributed by atoms with Crippen LogP contribution in [0.2, 0.25) is 0 Å². The Kier molecular flexibility index (Phi) is 6.97. The van der Waals surface area contributed by atoms with E-state index in [4.69, 9.17) is 5.73 Å². The lowest BCUT2D eigenvalue weighted by molar-refractivity contribution is -0.147. The van der Waals surface area contributed by atoms with Crippen molar-refractivity contribution in [2.24, 2.45) is 5.73 Å². The van der Waals surface area contributed by atoms with Crippen LogP contribution in [0.1, 0.15) is 25.0 Å². The highest BCUT2D eigenvalue weighted by Gasteiger charge is 2.44. The molecule has 3 amide bonds. The van der Waals surface area contributed by atoms with Crippen molar-refractivity contribution in [2.45, 2.75) is 32.0 Å². The van der Waals surface area contributed by atoms with Crippen LogP contribution in [0.15, 0.2) is 53.2 Å². The van der Waals surface area contributed by atoms with Crippen molar-refractivity contribution in [1.82, 2.24) is 5.32 Å². The number of hydrogen-bond donors (Lipinski definition) is 3. The summed E-state index contributed by atoms with van der Waals surface area (Å²) in [6.07, 6.45) is -4.70. The minimum absolute atomic E-state index is 0.0957. The number of hydrogen-bond acceptors (Lipinski definition) is 3. The smallest absolute Gasteiger partial charge is 0.351 e. The number of rotatable bonds is 6. The Morgan fingerprint density at radius 3 is 2.26 bits per heavy atom. The molecule has 2 aromatic carbocycles. The fourth-order valence-corrected chi connectivity index (χ4v) is 4.06. The van der Waals surface area contributed by atoms with Gasteiger partial charge in [-0.1, -0.05) is 18.2 Å². The number of urea groups is 1. The Labute approximate surface area is 195 Å². The van der Waals surface area contributed by atoms with Gasteiger partial charge in [-0.15, -0.1) is 0 Å². The summed E-state index contributed by atoms with van der Waals surface area (Å²) in [4.78, 5) is 24.1. The zero-order chi connectivity index (χ0) is 25.3. The molecular formula is C23H20F5N3O2S. The quantitative estimate of drug-likeness (QED) is 0.354. The number of alkyl halides is 5. The Hall–Kier alpha value is -3.47. The Morgan fingerprint density at radius 2 is 1.71 bits per heavy atom. The summed E-state index contributed by atoms with van der Waals surface area (Å²) in [7, 11) is 0. The molecule has 11 heteroatoms. The lowest BCUT2D eigenvalue weighted by Crippen LogP contribution is -2.42. The summed E-state index contributed by atoms with van der Waals surface area (Å²) >= 11 is 1.28. The third-order valence-electron chi connectivity index (χ3n) is 4.81. The largest absolute Gasteiger partial charge is 0.416 e. The van der Waals surface area contributed by atoms with Gasteiger partial charge in [-0.3, -0.25) is 4.79 Å². The van der Waals surface area contributed by atoms with Gasteiger partial charge in [0.1, 0.15) is 0 Å². The molecule has 3 aromatic rings. The maximum Gasteiger partial charge on any atom is 0.416 e.